The van der Waals surface area contributed by atoms with Gasteiger partial charge in [-0.3, -0.25) is 14.9 Å². The summed E-state index contributed by atoms with van der Waals surface area (Å²) in [4.78, 5) is 34.7. The maximum atomic E-state index is 12.7. The van der Waals surface area contributed by atoms with E-state index >= 15 is 0 Å². The van der Waals surface area contributed by atoms with E-state index in [1.165, 1.54) is 33.6 Å². The summed E-state index contributed by atoms with van der Waals surface area (Å²) in [5, 5.41) is 3.78. The van der Waals surface area contributed by atoms with Crippen molar-refractivity contribution in [3.63, 3.8) is 0 Å². The number of hydrogen-bond acceptors (Lipinski definition) is 7. The van der Waals surface area contributed by atoms with E-state index in [-0.39, 0.29) is 11.5 Å². The second-order valence-corrected chi connectivity index (χ2v) is 7.71. The zero-order valence-corrected chi connectivity index (χ0v) is 15.8. The number of rotatable bonds is 3. The van der Waals surface area contributed by atoms with E-state index in [0.29, 0.717) is 37.1 Å². The number of hydrogen-bond donors (Lipinski definition) is 1. The van der Waals surface area contributed by atoms with Crippen molar-refractivity contribution in [3.05, 3.63) is 45.3 Å². The van der Waals surface area contributed by atoms with Crippen molar-refractivity contribution in [1.29, 1.82) is 0 Å². The summed E-state index contributed by atoms with van der Waals surface area (Å²) in [6, 6.07) is 5.62. The molecule has 0 atom stereocenters. The molecule has 132 valence electrons. The number of ether oxygens (including phenoxy) is 1. The second-order valence-electron chi connectivity index (χ2n) is 5.68. The highest BCUT2D eigenvalue weighted by Crippen LogP contribution is 2.33. The Labute approximate surface area is 155 Å². The van der Waals surface area contributed by atoms with Gasteiger partial charge in [-0.1, -0.05) is 17.4 Å². The molecule has 26 heavy (non-hydrogen) atoms. The maximum absolute atomic E-state index is 12.7. The van der Waals surface area contributed by atoms with Crippen molar-refractivity contribution in [2.75, 3.05) is 12.4 Å². The average molecular weight is 386 g/mol. The first-order valence-electron chi connectivity index (χ1n) is 7.69. The van der Waals surface area contributed by atoms with Gasteiger partial charge >= 0.3 is 0 Å². The van der Waals surface area contributed by atoms with Crippen LogP contribution >= 0.6 is 22.7 Å². The fourth-order valence-corrected chi connectivity index (χ4v) is 4.63. The van der Waals surface area contributed by atoms with Crippen molar-refractivity contribution >= 4 is 54.1 Å². The van der Waals surface area contributed by atoms with E-state index in [4.69, 9.17) is 4.74 Å². The Hall–Kier alpha value is -2.78. The van der Waals surface area contributed by atoms with Crippen LogP contribution in [0.2, 0.25) is 0 Å². The largest absolute Gasteiger partial charge is 0.494 e. The van der Waals surface area contributed by atoms with Crippen molar-refractivity contribution < 1.29 is 9.53 Å². The minimum atomic E-state index is -0.300. The van der Waals surface area contributed by atoms with Gasteiger partial charge in [-0.2, -0.15) is 0 Å². The molecule has 1 N–H and O–H groups in total. The number of anilines is 1. The quantitative estimate of drug-likeness (QED) is 0.584. The Balaban J connectivity index is 1.73. The van der Waals surface area contributed by atoms with Crippen molar-refractivity contribution in [2.24, 2.45) is 7.05 Å². The molecule has 0 spiro atoms. The molecular weight excluding hydrogens is 372 g/mol. The van der Waals surface area contributed by atoms with Crippen LogP contribution in [-0.4, -0.2) is 27.6 Å². The first-order valence-corrected chi connectivity index (χ1v) is 9.32. The summed E-state index contributed by atoms with van der Waals surface area (Å²) in [7, 11) is 3.22. The molecule has 4 rings (SSSR count). The Morgan fingerprint density at radius 1 is 1.31 bits per heavy atom. The van der Waals surface area contributed by atoms with Gasteiger partial charge in [0.2, 0.25) is 0 Å². The van der Waals surface area contributed by atoms with Gasteiger partial charge in [0, 0.05) is 7.05 Å². The topological polar surface area (TPSA) is 86.1 Å². The molecule has 0 unspecified atom stereocenters. The summed E-state index contributed by atoms with van der Waals surface area (Å²) in [5.41, 5.74) is 1.18. The number of carbonyl (C=O) groups is 1. The number of benzene rings is 1. The predicted octanol–water partition coefficient (Wildman–Crippen LogP) is 3.17. The maximum Gasteiger partial charge on any atom is 0.267 e. The van der Waals surface area contributed by atoms with Crippen LogP contribution in [0.3, 0.4) is 0 Å². The van der Waals surface area contributed by atoms with Crippen LogP contribution in [0.25, 0.3) is 20.4 Å². The zero-order chi connectivity index (χ0) is 18.4. The number of aromatic nitrogens is 3. The fraction of sp³-hybridized carbons (Fsp3) is 0.176. The molecule has 3 aromatic heterocycles. The number of para-hydroxylation sites is 1. The van der Waals surface area contributed by atoms with Crippen molar-refractivity contribution in [1.82, 2.24) is 14.5 Å². The van der Waals surface area contributed by atoms with Gasteiger partial charge in [-0.25, -0.2) is 9.97 Å². The lowest BCUT2D eigenvalue weighted by atomic mass is 10.2. The van der Waals surface area contributed by atoms with Gasteiger partial charge in [0.15, 0.2) is 5.13 Å². The van der Waals surface area contributed by atoms with E-state index in [1.807, 2.05) is 18.2 Å². The standard InChI is InChI=1S/C17H14N4O3S2/c1-8-11-15(18-7-21(2)16(11)23)26-13(8)14(22)20-17-19-12-9(24-3)5-4-6-10(12)25-17/h4-7H,1-3H3,(H,19,20,22). The zero-order valence-electron chi connectivity index (χ0n) is 14.2. The van der Waals surface area contributed by atoms with Crippen molar-refractivity contribution in [3.8, 4) is 5.75 Å². The lowest BCUT2D eigenvalue weighted by Crippen LogP contribution is -2.17. The monoisotopic (exact) mass is 386 g/mol. The van der Waals surface area contributed by atoms with Crippen LogP contribution in [-0.2, 0) is 7.05 Å². The van der Waals surface area contributed by atoms with Gasteiger partial charge < -0.3 is 9.30 Å². The Morgan fingerprint density at radius 3 is 2.88 bits per heavy atom. The second kappa shape index (κ2) is 6.19. The summed E-state index contributed by atoms with van der Waals surface area (Å²) in [5.74, 6) is 0.357. The van der Waals surface area contributed by atoms with E-state index < -0.39 is 0 Å². The molecule has 1 aromatic carbocycles. The van der Waals surface area contributed by atoms with Crippen LogP contribution in [0, 0.1) is 6.92 Å². The van der Waals surface area contributed by atoms with E-state index in [1.54, 1.807) is 21.1 Å². The third-order valence-corrected chi connectivity index (χ3v) is 6.17. The summed E-state index contributed by atoms with van der Waals surface area (Å²) < 4.78 is 7.63. The summed E-state index contributed by atoms with van der Waals surface area (Å²) in [6.45, 7) is 1.76. The molecule has 0 saturated carbocycles. The van der Waals surface area contributed by atoms with Crippen LogP contribution < -0.4 is 15.6 Å². The molecule has 1 amide bonds. The lowest BCUT2D eigenvalue weighted by molar-refractivity contribution is 0.103. The summed E-state index contributed by atoms with van der Waals surface area (Å²) >= 11 is 2.57. The molecule has 0 saturated heterocycles. The average Bonchev–Trinajstić information content (AvgIpc) is 3.18. The minimum absolute atomic E-state index is 0.160. The number of amides is 1. The fourth-order valence-electron chi connectivity index (χ4n) is 2.72. The van der Waals surface area contributed by atoms with E-state index in [2.05, 4.69) is 15.3 Å². The number of carbonyl (C=O) groups excluding carboxylic acids is 1. The van der Waals surface area contributed by atoms with E-state index in [0.717, 1.165) is 4.70 Å². The molecule has 0 aliphatic rings. The van der Waals surface area contributed by atoms with Gasteiger partial charge in [-0.05, 0) is 24.6 Å². The molecule has 0 radical (unpaired) electrons. The highest BCUT2D eigenvalue weighted by molar-refractivity contribution is 7.23. The Kier molecular flexibility index (Phi) is 3.97. The third kappa shape index (κ3) is 2.56. The molecule has 0 fully saturated rings. The number of fused-ring (bicyclic) bond motifs is 2. The number of thiophene rings is 1. The van der Waals surface area contributed by atoms with Crippen LogP contribution in [0.4, 0.5) is 5.13 Å². The summed E-state index contributed by atoms with van der Waals surface area (Å²) in [6.07, 6.45) is 1.46. The molecule has 9 heteroatoms. The van der Waals surface area contributed by atoms with Gasteiger partial charge in [-0.15, -0.1) is 11.3 Å². The number of nitrogens with zero attached hydrogens (tertiary/aromatic N) is 3. The van der Waals surface area contributed by atoms with Gasteiger partial charge in [0.25, 0.3) is 11.5 Å². The Bertz CT molecular complexity index is 1220. The predicted molar refractivity (Wildman–Crippen MR) is 104 cm³/mol. The van der Waals surface area contributed by atoms with Gasteiger partial charge in [0.05, 0.1) is 28.4 Å². The number of aryl methyl sites for hydroxylation is 2. The highest BCUT2D eigenvalue weighted by Gasteiger charge is 2.20. The molecule has 0 aliphatic heterocycles. The first kappa shape index (κ1) is 16.7. The molecule has 4 aromatic rings. The van der Waals surface area contributed by atoms with Crippen LogP contribution in [0.15, 0.2) is 29.3 Å². The molecule has 3 heterocycles. The minimum Gasteiger partial charge on any atom is -0.494 e. The lowest BCUT2D eigenvalue weighted by Gasteiger charge is -2.00. The van der Waals surface area contributed by atoms with Crippen LogP contribution in [0.5, 0.6) is 5.75 Å². The first-order chi connectivity index (χ1) is 12.5. The highest BCUT2D eigenvalue weighted by atomic mass is 32.1. The number of methoxy groups -OCH3 is 1. The smallest absolute Gasteiger partial charge is 0.267 e. The molecule has 0 bridgehead atoms. The van der Waals surface area contributed by atoms with Crippen LogP contribution in [0.1, 0.15) is 15.2 Å². The molecule has 0 aliphatic carbocycles. The number of nitrogens with one attached hydrogen (secondary N) is 1. The third-order valence-electron chi connectivity index (χ3n) is 4.04. The van der Waals surface area contributed by atoms with E-state index in [9.17, 15) is 9.59 Å². The Morgan fingerprint density at radius 2 is 2.12 bits per heavy atom. The van der Waals surface area contributed by atoms with Crippen molar-refractivity contribution in [2.45, 2.75) is 6.92 Å². The molecule has 7 nitrogen and oxygen atoms in total. The SMILES string of the molecule is COc1cccc2sc(NC(=O)c3sc4ncn(C)c(=O)c4c3C)nc12. The van der Waals surface area contributed by atoms with Gasteiger partial charge in [0.1, 0.15) is 16.1 Å². The molecular formula is C17H14N4O3S2. The normalized spacial score (nSPS) is 11.2. The number of thiazole rings is 1.